The molecule has 1 saturated carbocycles. The van der Waals surface area contributed by atoms with Crippen LogP contribution in [0.2, 0.25) is 0 Å². The fourth-order valence-corrected chi connectivity index (χ4v) is 5.31. The molecule has 0 spiro atoms. The van der Waals surface area contributed by atoms with Gasteiger partial charge in [0.15, 0.2) is 5.82 Å². The van der Waals surface area contributed by atoms with E-state index in [1.54, 1.807) is 24.5 Å². The number of rotatable bonds is 4. The molecule has 1 aromatic carbocycles. The normalized spacial score (nSPS) is 23.3. The number of hydrogen-bond acceptors (Lipinski definition) is 6. The Hall–Kier alpha value is -3.55. The van der Waals surface area contributed by atoms with Crippen molar-refractivity contribution < 1.29 is 14.1 Å². The highest BCUT2D eigenvalue weighted by Crippen LogP contribution is 2.41. The van der Waals surface area contributed by atoms with Gasteiger partial charge in [0, 0.05) is 49.4 Å². The summed E-state index contributed by atoms with van der Waals surface area (Å²) >= 11 is 0. The maximum Gasteiger partial charge on any atom is 0.254 e. The van der Waals surface area contributed by atoms with E-state index >= 15 is 0 Å². The zero-order valence-corrected chi connectivity index (χ0v) is 19.8. The smallest absolute Gasteiger partial charge is 0.254 e. The molecule has 5 rings (SSSR count). The summed E-state index contributed by atoms with van der Waals surface area (Å²) in [5, 5.41) is 7.31. The Morgan fingerprint density at radius 1 is 1.03 bits per heavy atom. The van der Waals surface area contributed by atoms with Crippen LogP contribution in [0.5, 0.6) is 0 Å². The number of aromatic nitrogens is 3. The number of amides is 2. The largest absolute Gasteiger partial charge is 0.356 e. The molecule has 0 bridgehead atoms. The predicted molar refractivity (Wildman–Crippen MR) is 130 cm³/mol. The van der Waals surface area contributed by atoms with Crippen LogP contribution in [0.4, 0.5) is 0 Å². The van der Waals surface area contributed by atoms with E-state index in [0.717, 1.165) is 31.2 Å². The highest BCUT2D eigenvalue weighted by atomic mass is 16.5. The van der Waals surface area contributed by atoms with Crippen molar-refractivity contribution in [1.82, 2.24) is 25.3 Å². The lowest BCUT2D eigenvalue weighted by Crippen LogP contribution is -2.47. The van der Waals surface area contributed by atoms with E-state index < -0.39 is 0 Å². The lowest BCUT2D eigenvalue weighted by molar-refractivity contribution is -0.126. The number of carbonyl (C=O) groups excluding carboxylic acids is 2. The summed E-state index contributed by atoms with van der Waals surface area (Å²) in [6, 6.07) is 13.3. The number of nitrogens with one attached hydrogen (secondary N) is 1. The molecule has 182 valence electrons. The molecule has 0 unspecified atom stereocenters. The maximum atomic E-state index is 13.6. The molecule has 2 aromatic heterocycles. The molecule has 1 saturated heterocycles. The fraction of sp³-hybridized carbons (Fsp3) is 0.444. The zero-order chi connectivity index (χ0) is 24.0. The minimum absolute atomic E-state index is 0.0101. The van der Waals surface area contributed by atoms with Gasteiger partial charge in [-0.3, -0.25) is 14.6 Å². The van der Waals surface area contributed by atoms with Gasteiger partial charge in [0.05, 0.1) is 5.92 Å². The van der Waals surface area contributed by atoms with E-state index in [4.69, 9.17) is 4.52 Å². The Morgan fingerprint density at radius 3 is 2.66 bits per heavy atom. The van der Waals surface area contributed by atoms with Crippen LogP contribution in [0.25, 0.3) is 0 Å². The van der Waals surface area contributed by atoms with Crippen molar-refractivity contribution in [3.8, 4) is 0 Å². The summed E-state index contributed by atoms with van der Waals surface area (Å²) in [6.07, 6.45) is 9.02. The molecule has 2 aliphatic rings. The first-order chi connectivity index (χ1) is 17.2. The minimum Gasteiger partial charge on any atom is -0.356 e. The number of pyridine rings is 1. The molecule has 2 fully saturated rings. The molecular weight excluding hydrogens is 442 g/mol. The molecule has 0 radical (unpaired) electrons. The van der Waals surface area contributed by atoms with Crippen molar-refractivity contribution in [3.05, 3.63) is 77.7 Å². The van der Waals surface area contributed by atoms with E-state index in [9.17, 15) is 9.59 Å². The van der Waals surface area contributed by atoms with Gasteiger partial charge in [-0.05, 0) is 43.4 Å². The Bertz CT molecular complexity index is 1130. The van der Waals surface area contributed by atoms with Crippen LogP contribution in [-0.4, -0.2) is 51.0 Å². The van der Waals surface area contributed by atoms with E-state index in [0.29, 0.717) is 49.6 Å². The lowest BCUT2D eigenvalue weighted by Gasteiger charge is -2.32. The van der Waals surface area contributed by atoms with Crippen LogP contribution in [0, 0.1) is 5.92 Å². The third kappa shape index (κ3) is 5.42. The van der Waals surface area contributed by atoms with Crippen LogP contribution in [0.3, 0.4) is 0 Å². The van der Waals surface area contributed by atoms with Crippen LogP contribution < -0.4 is 5.32 Å². The van der Waals surface area contributed by atoms with Crippen molar-refractivity contribution >= 4 is 11.8 Å². The van der Waals surface area contributed by atoms with Gasteiger partial charge in [-0.15, -0.1) is 0 Å². The quantitative estimate of drug-likeness (QED) is 0.619. The number of hydrogen-bond donors (Lipinski definition) is 1. The summed E-state index contributed by atoms with van der Waals surface area (Å²) in [4.78, 5) is 37.4. The van der Waals surface area contributed by atoms with Gasteiger partial charge in [0.1, 0.15) is 0 Å². The standard InChI is InChI=1S/C27H31N5O3/c33-25-22-17-21(26-30-24(31-35-26)16-19-8-4-3-5-9-19)18-23(22)32(15-7-2-1-6-12-29-25)27(34)20-10-13-28-14-11-20/h3-5,8-11,13-14,21-23H,1-2,6-7,12,15-18H2,(H,29,33)/t21-,22-,23+/m1/s1. The van der Waals surface area contributed by atoms with Gasteiger partial charge < -0.3 is 14.7 Å². The Kier molecular flexibility index (Phi) is 7.16. The highest BCUT2D eigenvalue weighted by molar-refractivity contribution is 5.95. The van der Waals surface area contributed by atoms with E-state index in [2.05, 4.69) is 20.4 Å². The molecule has 2 amide bonds. The number of carbonyl (C=O) groups is 2. The zero-order valence-electron chi connectivity index (χ0n) is 19.8. The van der Waals surface area contributed by atoms with E-state index in [1.165, 1.54) is 0 Å². The molecular formula is C27H31N5O3. The van der Waals surface area contributed by atoms with Crippen LogP contribution in [0.1, 0.15) is 72.1 Å². The Balaban J connectivity index is 1.39. The van der Waals surface area contributed by atoms with Gasteiger partial charge in [0.2, 0.25) is 11.8 Å². The second-order valence-electron chi connectivity index (χ2n) is 9.49. The molecule has 3 aromatic rings. The molecule has 1 aliphatic heterocycles. The predicted octanol–water partition coefficient (Wildman–Crippen LogP) is 3.75. The molecule has 8 heteroatoms. The first-order valence-corrected chi connectivity index (χ1v) is 12.5. The van der Waals surface area contributed by atoms with Gasteiger partial charge >= 0.3 is 0 Å². The molecule has 1 N–H and O–H groups in total. The second kappa shape index (κ2) is 10.8. The fourth-order valence-electron chi connectivity index (χ4n) is 5.31. The van der Waals surface area contributed by atoms with Crippen LogP contribution in [-0.2, 0) is 11.2 Å². The molecule has 3 atom stereocenters. The maximum absolute atomic E-state index is 13.6. The Morgan fingerprint density at radius 2 is 1.83 bits per heavy atom. The monoisotopic (exact) mass is 473 g/mol. The topological polar surface area (TPSA) is 101 Å². The molecule has 1 aliphatic carbocycles. The summed E-state index contributed by atoms with van der Waals surface area (Å²) in [6.45, 7) is 1.30. The molecule has 35 heavy (non-hydrogen) atoms. The van der Waals surface area contributed by atoms with E-state index in [-0.39, 0.29) is 29.7 Å². The van der Waals surface area contributed by atoms with Crippen molar-refractivity contribution in [1.29, 1.82) is 0 Å². The third-order valence-corrected chi connectivity index (χ3v) is 7.12. The molecule has 8 nitrogen and oxygen atoms in total. The summed E-state index contributed by atoms with van der Waals surface area (Å²) in [5.41, 5.74) is 1.71. The molecule has 3 heterocycles. The van der Waals surface area contributed by atoms with Gasteiger partial charge in [-0.25, -0.2) is 0 Å². The minimum atomic E-state index is -0.312. The van der Waals surface area contributed by atoms with E-state index in [1.807, 2.05) is 35.2 Å². The third-order valence-electron chi connectivity index (χ3n) is 7.12. The first-order valence-electron chi connectivity index (χ1n) is 12.5. The first kappa shape index (κ1) is 23.2. The average Bonchev–Trinajstić information content (AvgIpc) is 3.53. The summed E-state index contributed by atoms with van der Waals surface area (Å²) < 4.78 is 5.67. The number of fused-ring (bicyclic) bond motifs is 1. The van der Waals surface area contributed by atoms with Gasteiger partial charge in [-0.2, -0.15) is 4.98 Å². The second-order valence-corrected chi connectivity index (χ2v) is 9.49. The Labute approximate surface area is 205 Å². The van der Waals surface area contributed by atoms with Gasteiger partial charge in [-0.1, -0.05) is 48.3 Å². The van der Waals surface area contributed by atoms with Crippen molar-refractivity contribution in [3.63, 3.8) is 0 Å². The van der Waals surface area contributed by atoms with Crippen molar-refractivity contribution in [2.75, 3.05) is 13.1 Å². The summed E-state index contributed by atoms with van der Waals surface area (Å²) in [5.74, 6) is 0.771. The number of benzene rings is 1. The average molecular weight is 474 g/mol. The lowest BCUT2D eigenvalue weighted by atomic mass is 9.99. The SMILES string of the molecule is O=C1NCCCCCCN(C(=O)c2ccncc2)[C@H]2C[C@H](c3nc(Cc4ccccc4)no3)C[C@@H]12. The highest BCUT2D eigenvalue weighted by Gasteiger charge is 2.45. The van der Waals surface area contributed by atoms with Crippen LogP contribution >= 0.6 is 0 Å². The number of nitrogens with zero attached hydrogens (tertiary/aromatic N) is 4. The summed E-state index contributed by atoms with van der Waals surface area (Å²) in [7, 11) is 0. The van der Waals surface area contributed by atoms with Crippen LogP contribution in [0.15, 0.2) is 59.4 Å². The van der Waals surface area contributed by atoms with Crippen molar-refractivity contribution in [2.45, 2.75) is 56.9 Å². The van der Waals surface area contributed by atoms with Gasteiger partial charge in [0.25, 0.3) is 5.91 Å². The van der Waals surface area contributed by atoms with Crippen molar-refractivity contribution in [2.24, 2.45) is 5.92 Å².